The molecule has 90 valence electrons. The monoisotopic (exact) mass is 227 g/mol. The van der Waals surface area contributed by atoms with E-state index in [0.29, 0.717) is 18.5 Å². The second-order valence-corrected chi connectivity index (χ2v) is 3.63. The van der Waals surface area contributed by atoms with E-state index in [-0.39, 0.29) is 18.3 Å². The zero-order valence-electron chi connectivity index (χ0n) is 9.55. The summed E-state index contributed by atoms with van der Waals surface area (Å²) in [6.07, 6.45) is 2.11. The molecule has 1 aromatic heterocycles. The Morgan fingerprint density at radius 3 is 2.62 bits per heavy atom. The second kappa shape index (κ2) is 5.60. The highest BCUT2D eigenvalue weighted by Crippen LogP contribution is 2.16. The number of nitrogens with zero attached hydrogens (tertiary/aromatic N) is 3. The number of aliphatic hydroxyl groups is 1. The lowest BCUT2D eigenvalue weighted by atomic mass is 10.1. The molecular weight excluding hydrogens is 210 g/mol. The minimum absolute atomic E-state index is 0.00579. The zero-order valence-corrected chi connectivity index (χ0v) is 9.55. The van der Waals surface area contributed by atoms with Crippen molar-refractivity contribution in [2.24, 2.45) is 0 Å². The quantitative estimate of drug-likeness (QED) is 0.752. The normalized spacial score (nSPS) is 12.7. The molecule has 1 atom stereocenters. The van der Waals surface area contributed by atoms with E-state index in [4.69, 9.17) is 5.11 Å². The molecule has 0 aliphatic carbocycles. The molecule has 6 heteroatoms. The summed E-state index contributed by atoms with van der Waals surface area (Å²) < 4.78 is 1.53. The number of rotatable bonds is 6. The molecule has 0 aliphatic rings. The molecule has 1 aromatic rings. The number of aromatic carboxylic acids is 1. The maximum absolute atomic E-state index is 10.9. The molecule has 0 aliphatic heterocycles. The van der Waals surface area contributed by atoms with E-state index in [9.17, 15) is 9.90 Å². The van der Waals surface area contributed by atoms with Crippen LogP contribution in [0.3, 0.4) is 0 Å². The van der Waals surface area contributed by atoms with Gasteiger partial charge in [0.1, 0.15) is 0 Å². The van der Waals surface area contributed by atoms with Gasteiger partial charge in [-0.2, -0.15) is 0 Å². The molecule has 1 unspecified atom stereocenters. The molecule has 0 fully saturated rings. The molecule has 0 saturated heterocycles. The average molecular weight is 227 g/mol. The van der Waals surface area contributed by atoms with Crippen molar-refractivity contribution in [1.29, 1.82) is 0 Å². The minimum atomic E-state index is -1.07. The van der Waals surface area contributed by atoms with Crippen molar-refractivity contribution in [1.82, 2.24) is 15.0 Å². The van der Waals surface area contributed by atoms with Crippen molar-refractivity contribution in [2.75, 3.05) is 6.61 Å². The van der Waals surface area contributed by atoms with Crippen LogP contribution < -0.4 is 0 Å². The molecule has 6 nitrogen and oxygen atoms in total. The van der Waals surface area contributed by atoms with Crippen molar-refractivity contribution in [2.45, 2.75) is 39.2 Å². The van der Waals surface area contributed by atoms with Crippen LogP contribution in [0.5, 0.6) is 0 Å². The SMILES string of the molecule is CCCc1c(C(=O)O)nnn1C(CC)CO. The highest BCUT2D eigenvalue weighted by molar-refractivity contribution is 5.86. The van der Waals surface area contributed by atoms with Crippen LogP contribution in [-0.4, -0.2) is 37.8 Å². The lowest BCUT2D eigenvalue weighted by molar-refractivity contribution is 0.0689. The summed E-state index contributed by atoms with van der Waals surface area (Å²) in [4.78, 5) is 10.9. The Balaban J connectivity index is 3.13. The molecule has 1 heterocycles. The average Bonchev–Trinajstić information content (AvgIpc) is 2.65. The smallest absolute Gasteiger partial charge is 0.358 e. The van der Waals surface area contributed by atoms with Crippen LogP contribution in [0.4, 0.5) is 0 Å². The molecule has 0 aromatic carbocycles. The van der Waals surface area contributed by atoms with E-state index in [1.807, 2.05) is 13.8 Å². The Bertz CT molecular complexity index is 358. The number of carboxylic acid groups (broad SMARTS) is 1. The Kier molecular flexibility index (Phi) is 4.42. The van der Waals surface area contributed by atoms with Gasteiger partial charge in [-0.05, 0) is 12.8 Å². The molecule has 1 rings (SSSR count). The summed E-state index contributed by atoms with van der Waals surface area (Å²) in [7, 11) is 0. The van der Waals surface area contributed by atoms with Gasteiger partial charge in [-0.25, -0.2) is 9.48 Å². The highest BCUT2D eigenvalue weighted by atomic mass is 16.4. The molecule has 0 spiro atoms. The summed E-state index contributed by atoms with van der Waals surface area (Å²) in [5, 5.41) is 25.6. The predicted molar refractivity (Wildman–Crippen MR) is 57.4 cm³/mol. The van der Waals surface area contributed by atoms with Gasteiger partial charge in [0.2, 0.25) is 0 Å². The first kappa shape index (κ1) is 12.6. The van der Waals surface area contributed by atoms with Crippen LogP contribution in [0.15, 0.2) is 0 Å². The number of hydrogen-bond acceptors (Lipinski definition) is 4. The third-order valence-corrected chi connectivity index (χ3v) is 2.51. The first-order valence-electron chi connectivity index (χ1n) is 5.43. The van der Waals surface area contributed by atoms with Gasteiger partial charge in [0, 0.05) is 0 Å². The maximum Gasteiger partial charge on any atom is 0.358 e. The van der Waals surface area contributed by atoms with Gasteiger partial charge in [0.15, 0.2) is 5.69 Å². The highest BCUT2D eigenvalue weighted by Gasteiger charge is 2.21. The van der Waals surface area contributed by atoms with E-state index >= 15 is 0 Å². The van der Waals surface area contributed by atoms with E-state index in [0.717, 1.165) is 6.42 Å². The van der Waals surface area contributed by atoms with Crippen LogP contribution in [0.25, 0.3) is 0 Å². The Labute approximate surface area is 93.9 Å². The van der Waals surface area contributed by atoms with Crippen molar-refractivity contribution in [3.63, 3.8) is 0 Å². The standard InChI is InChI=1S/C10H17N3O3/c1-3-5-8-9(10(15)16)11-12-13(8)7(4-2)6-14/h7,14H,3-6H2,1-2H3,(H,15,16). The minimum Gasteiger partial charge on any atom is -0.476 e. The van der Waals surface area contributed by atoms with Gasteiger partial charge in [0.25, 0.3) is 0 Å². The fourth-order valence-corrected chi connectivity index (χ4v) is 1.62. The lowest BCUT2D eigenvalue weighted by Gasteiger charge is -2.14. The van der Waals surface area contributed by atoms with Crippen LogP contribution in [0, 0.1) is 0 Å². The van der Waals surface area contributed by atoms with Crippen LogP contribution >= 0.6 is 0 Å². The molecule has 0 saturated carbocycles. The van der Waals surface area contributed by atoms with Crippen molar-refractivity contribution < 1.29 is 15.0 Å². The number of aromatic nitrogens is 3. The number of aliphatic hydroxyl groups excluding tert-OH is 1. The summed E-state index contributed by atoms with van der Waals surface area (Å²) in [5.41, 5.74) is 0.588. The van der Waals surface area contributed by atoms with E-state index in [1.165, 1.54) is 4.68 Å². The summed E-state index contributed by atoms with van der Waals surface area (Å²) >= 11 is 0. The molecule has 16 heavy (non-hydrogen) atoms. The largest absolute Gasteiger partial charge is 0.476 e. The third kappa shape index (κ3) is 2.38. The molecule has 0 amide bonds. The van der Waals surface area contributed by atoms with Gasteiger partial charge in [0.05, 0.1) is 18.3 Å². The predicted octanol–water partition coefficient (Wildman–Crippen LogP) is 0.872. The maximum atomic E-state index is 10.9. The summed E-state index contributed by atoms with van der Waals surface area (Å²) in [5.74, 6) is -1.07. The van der Waals surface area contributed by atoms with Crippen LogP contribution in [0.1, 0.15) is 48.9 Å². The van der Waals surface area contributed by atoms with Crippen LogP contribution in [0.2, 0.25) is 0 Å². The number of carboxylic acids is 1. The summed E-state index contributed by atoms with van der Waals surface area (Å²) in [6.45, 7) is 3.82. The summed E-state index contributed by atoms with van der Waals surface area (Å²) in [6, 6.07) is -0.192. The number of carbonyl (C=O) groups is 1. The second-order valence-electron chi connectivity index (χ2n) is 3.63. The van der Waals surface area contributed by atoms with Crippen LogP contribution in [-0.2, 0) is 6.42 Å². The van der Waals surface area contributed by atoms with E-state index in [2.05, 4.69) is 10.3 Å². The van der Waals surface area contributed by atoms with Gasteiger partial charge in [-0.15, -0.1) is 5.10 Å². The van der Waals surface area contributed by atoms with Gasteiger partial charge in [-0.1, -0.05) is 25.5 Å². The lowest BCUT2D eigenvalue weighted by Crippen LogP contribution is -2.17. The van der Waals surface area contributed by atoms with Gasteiger partial charge < -0.3 is 10.2 Å². The van der Waals surface area contributed by atoms with E-state index < -0.39 is 5.97 Å². The molecule has 0 radical (unpaired) electrons. The molecule has 2 N–H and O–H groups in total. The van der Waals surface area contributed by atoms with Gasteiger partial charge in [-0.3, -0.25) is 0 Å². The fraction of sp³-hybridized carbons (Fsp3) is 0.700. The molecule has 0 bridgehead atoms. The van der Waals surface area contributed by atoms with Crippen molar-refractivity contribution in [3.05, 3.63) is 11.4 Å². The van der Waals surface area contributed by atoms with Crippen molar-refractivity contribution in [3.8, 4) is 0 Å². The Hall–Kier alpha value is -1.43. The first-order chi connectivity index (χ1) is 7.65. The fourth-order valence-electron chi connectivity index (χ4n) is 1.62. The Morgan fingerprint density at radius 1 is 1.50 bits per heavy atom. The molecular formula is C10H17N3O3. The zero-order chi connectivity index (χ0) is 12.1. The van der Waals surface area contributed by atoms with E-state index in [1.54, 1.807) is 0 Å². The van der Waals surface area contributed by atoms with Crippen molar-refractivity contribution >= 4 is 5.97 Å². The Morgan fingerprint density at radius 2 is 2.19 bits per heavy atom. The number of hydrogen-bond donors (Lipinski definition) is 2. The van der Waals surface area contributed by atoms with Gasteiger partial charge >= 0.3 is 5.97 Å². The third-order valence-electron chi connectivity index (χ3n) is 2.51. The topological polar surface area (TPSA) is 88.2 Å². The first-order valence-corrected chi connectivity index (χ1v) is 5.43.